The zero-order valence-electron chi connectivity index (χ0n) is 6.42. The number of nitrogens with one attached hydrogen (secondary N) is 1. The van der Waals surface area contributed by atoms with Crippen molar-refractivity contribution in [1.29, 1.82) is 0 Å². The maximum Gasteiger partial charge on any atom is 0.273 e. The number of aromatic nitrogens is 3. The smallest absolute Gasteiger partial charge is 0.273 e. The lowest BCUT2D eigenvalue weighted by atomic mass is 10.5. The first kappa shape index (κ1) is 8.26. The molecule has 5 heteroatoms. The number of H-pyrrole nitrogens is 1. The molecule has 0 aliphatic heterocycles. The van der Waals surface area contributed by atoms with E-state index in [4.69, 9.17) is 0 Å². The second-order valence-electron chi connectivity index (χ2n) is 1.98. The van der Waals surface area contributed by atoms with Gasteiger partial charge in [0.25, 0.3) is 5.56 Å². The molecule has 0 unspecified atom stereocenters. The Kier molecular flexibility index (Phi) is 2.64. The van der Waals surface area contributed by atoms with Crippen molar-refractivity contribution < 1.29 is 0 Å². The number of nitrogens with zero attached hydrogens (tertiary/aromatic N) is 2. The summed E-state index contributed by atoms with van der Waals surface area (Å²) < 4.78 is 0. The number of aryl methyl sites for hydroxylation is 1. The number of thioether (sulfide) groups is 1. The van der Waals surface area contributed by atoms with Crippen LogP contribution in [0.4, 0.5) is 0 Å². The van der Waals surface area contributed by atoms with Gasteiger partial charge in [-0.1, -0.05) is 18.7 Å². The van der Waals surface area contributed by atoms with Gasteiger partial charge in [-0.3, -0.25) is 9.78 Å². The molecule has 1 aromatic heterocycles. The van der Waals surface area contributed by atoms with Gasteiger partial charge in [-0.15, -0.1) is 10.2 Å². The standard InChI is InChI=1S/C6H9N3OS/c1-3-11-6-7-5(10)4(2)8-9-6/h3H2,1-2H3,(H,7,9,10). The molecule has 0 atom stereocenters. The number of hydrogen-bond donors (Lipinski definition) is 1. The summed E-state index contributed by atoms with van der Waals surface area (Å²) in [5, 5.41) is 8.06. The van der Waals surface area contributed by atoms with Gasteiger partial charge in [0.1, 0.15) is 5.69 Å². The Morgan fingerprint density at radius 2 is 2.27 bits per heavy atom. The van der Waals surface area contributed by atoms with Crippen molar-refractivity contribution in [3.63, 3.8) is 0 Å². The summed E-state index contributed by atoms with van der Waals surface area (Å²) in [7, 11) is 0. The number of hydrogen-bond acceptors (Lipinski definition) is 4. The molecule has 0 aromatic carbocycles. The maximum absolute atomic E-state index is 10.9. The second kappa shape index (κ2) is 3.52. The molecule has 0 bridgehead atoms. The SMILES string of the molecule is CCSc1nnc(C)c(=O)[nH]1. The predicted octanol–water partition coefficient (Wildman–Crippen LogP) is 0.585. The van der Waals surface area contributed by atoms with Crippen molar-refractivity contribution in [1.82, 2.24) is 15.2 Å². The molecular formula is C6H9N3OS. The minimum atomic E-state index is -0.157. The first-order valence-corrected chi connectivity index (χ1v) is 4.29. The van der Waals surface area contributed by atoms with E-state index in [9.17, 15) is 4.79 Å². The predicted molar refractivity (Wildman–Crippen MR) is 43.8 cm³/mol. The van der Waals surface area contributed by atoms with Gasteiger partial charge in [-0.25, -0.2) is 0 Å². The summed E-state index contributed by atoms with van der Waals surface area (Å²) >= 11 is 1.47. The third kappa shape index (κ3) is 2.04. The van der Waals surface area contributed by atoms with Crippen molar-refractivity contribution >= 4 is 11.8 Å². The quantitative estimate of drug-likeness (QED) is 0.661. The van der Waals surface area contributed by atoms with Crippen LogP contribution in [0.5, 0.6) is 0 Å². The van der Waals surface area contributed by atoms with E-state index in [-0.39, 0.29) is 5.56 Å². The fourth-order valence-corrected chi connectivity index (χ4v) is 1.12. The van der Waals surface area contributed by atoms with Crippen molar-refractivity contribution in [2.24, 2.45) is 0 Å². The van der Waals surface area contributed by atoms with E-state index in [1.165, 1.54) is 11.8 Å². The van der Waals surface area contributed by atoms with Crippen LogP contribution in [0, 0.1) is 6.92 Å². The van der Waals surface area contributed by atoms with Crippen LogP contribution in [-0.2, 0) is 0 Å². The van der Waals surface area contributed by atoms with Gasteiger partial charge in [0.15, 0.2) is 5.16 Å². The van der Waals surface area contributed by atoms with E-state index in [0.717, 1.165) is 5.75 Å². The number of aromatic amines is 1. The van der Waals surface area contributed by atoms with Gasteiger partial charge in [0.2, 0.25) is 0 Å². The molecule has 4 nitrogen and oxygen atoms in total. The third-order valence-electron chi connectivity index (χ3n) is 1.12. The van der Waals surface area contributed by atoms with Crippen LogP contribution in [0.15, 0.2) is 9.95 Å². The Hall–Kier alpha value is -0.840. The monoisotopic (exact) mass is 171 g/mol. The molecule has 0 spiro atoms. The van der Waals surface area contributed by atoms with Crippen LogP contribution < -0.4 is 5.56 Å². The Morgan fingerprint density at radius 3 is 2.82 bits per heavy atom. The van der Waals surface area contributed by atoms with Gasteiger partial charge in [0.05, 0.1) is 0 Å². The van der Waals surface area contributed by atoms with Crippen LogP contribution in [0.3, 0.4) is 0 Å². The maximum atomic E-state index is 10.9. The van der Waals surface area contributed by atoms with Crippen LogP contribution >= 0.6 is 11.8 Å². The van der Waals surface area contributed by atoms with Crippen molar-refractivity contribution in [2.75, 3.05) is 5.75 Å². The highest BCUT2D eigenvalue weighted by molar-refractivity contribution is 7.99. The highest BCUT2D eigenvalue weighted by Gasteiger charge is 1.97. The molecule has 1 heterocycles. The molecule has 1 aromatic rings. The normalized spacial score (nSPS) is 10.0. The minimum Gasteiger partial charge on any atom is -0.298 e. The van der Waals surface area contributed by atoms with Crippen molar-refractivity contribution in [2.45, 2.75) is 19.0 Å². The molecule has 0 fully saturated rings. The largest absolute Gasteiger partial charge is 0.298 e. The molecule has 1 rings (SSSR count). The van der Waals surface area contributed by atoms with E-state index >= 15 is 0 Å². The highest BCUT2D eigenvalue weighted by Crippen LogP contribution is 2.07. The summed E-state index contributed by atoms with van der Waals surface area (Å²) in [5.41, 5.74) is 0.251. The number of rotatable bonds is 2. The summed E-state index contributed by atoms with van der Waals surface area (Å²) in [6.45, 7) is 3.62. The average molecular weight is 171 g/mol. The van der Waals surface area contributed by atoms with E-state index in [0.29, 0.717) is 10.9 Å². The third-order valence-corrected chi connectivity index (χ3v) is 1.87. The Labute approximate surface area is 68.4 Å². The molecule has 60 valence electrons. The van der Waals surface area contributed by atoms with E-state index in [1.54, 1.807) is 6.92 Å². The summed E-state index contributed by atoms with van der Waals surface area (Å²) in [4.78, 5) is 13.6. The molecule has 1 N–H and O–H groups in total. The van der Waals surface area contributed by atoms with E-state index in [1.807, 2.05) is 6.92 Å². The summed E-state index contributed by atoms with van der Waals surface area (Å²) in [5.74, 6) is 0.883. The molecule has 0 saturated carbocycles. The average Bonchev–Trinajstić information content (AvgIpc) is 1.98. The zero-order chi connectivity index (χ0) is 8.27. The molecule has 0 amide bonds. The Morgan fingerprint density at radius 1 is 1.55 bits per heavy atom. The summed E-state index contributed by atoms with van der Waals surface area (Å²) in [6, 6.07) is 0. The van der Waals surface area contributed by atoms with Crippen LogP contribution in [0.1, 0.15) is 12.6 Å². The van der Waals surface area contributed by atoms with Gasteiger partial charge < -0.3 is 0 Å². The van der Waals surface area contributed by atoms with Crippen LogP contribution in [0.25, 0.3) is 0 Å². The van der Waals surface area contributed by atoms with Gasteiger partial charge in [-0.2, -0.15) is 0 Å². The van der Waals surface area contributed by atoms with Gasteiger partial charge in [-0.05, 0) is 12.7 Å². The van der Waals surface area contributed by atoms with Crippen molar-refractivity contribution in [3.8, 4) is 0 Å². The fourth-order valence-electron chi connectivity index (χ4n) is 0.580. The van der Waals surface area contributed by atoms with Gasteiger partial charge in [0, 0.05) is 0 Å². The lowest BCUT2D eigenvalue weighted by Gasteiger charge is -1.94. The Balaban J connectivity index is 2.96. The topological polar surface area (TPSA) is 58.6 Å². The lowest BCUT2D eigenvalue weighted by molar-refractivity contribution is 0.790. The zero-order valence-corrected chi connectivity index (χ0v) is 7.23. The molecule has 0 radical (unpaired) electrons. The minimum absolute atomic E-state index is 0.157. The molecule has 0 aliphatic carbocycles. The first-order chi connectivity index (χ1) is 5.24. The highest BCUT2D eigenvalue weighted by atomic mass is 32.2. The lowest BCUT2D eigenvalue weighted by Crippen LogP contribution is -2.14. The Bertz CT molecular complexity index is 296. The molecule has 0 saturated heterocycles. The fraction of sp³-hybridized carbons (Fsp3) is 0.500. The van der Waals surface area contributed by atoms with Crippen LogP contribution in [0.2, 0.25) is 0 Å². The van der Waals surface area contributed by atoms with Crippen molar-refractivity contribution in [3.05, 3.63) is 16.0 Å². The molecular weight excluding hydrogens is 162 g/mol. The second-order valence-corrected chi connectivity index (χ2v) is 3.23. The summed E-state index contributed by atoms with van der Waals surface area (Å²) in [6.07, 6.45) is 0. The van der Waals surface area contributed by atoms with E-state index in [2.05, 4.69) is 15.2 Å². The molecule has 11 heavy (non-hydrogen) atoms. The van der Waals surface area contributed by atoms with Crippen LogP contribution in [-0.4, -0.2) is 20.9 Å². The van der Waals surface area contributed by atoms with E-state index < -0.39 is 0 Å². The van der Waals surface area contributed by atoms with Gasteiger partial charge >= 0.3 is 0 Å². The molecule has 0 aliphatic rings. The first-order valence-electron chi connectivity index (χ1n) is 3.30.